The van der Waals surface area contributed by atoms with Gasteiger partial charge in [0.15, 0.2) is 0 Å². The molecular formula is C26H32ClN3O3. The van der Waals surface area contributed by atoms with Crippen molar-refractivity contribution in [2.24, 2.45) is 0 Å². The molecule has 0 bridgehead atoms. The van der Waals surface area contributed by atoms with Crippen molar-refractivity contribution in [3.8, 4) is 0 Å². The molecule has 1 aromatic heterocycles. The van der Waals surface area contributed by atoms with Crippen LogP contribution in [0.25, 0.3) is 0 Å². The normalized spacial score (nSPS) is 18.3. The van der Waals surface area contributed by atoms with E-state index in [4.69, 9.17) is 16.3 Å². The van der Waals surface area contributed by atoms with Crippen molar-refractivity contribution in [2.75, 3.05) is 13.1 Å². The quantitative estimate of drug-likeness (QED) is 0.616. The van der Waals surface area contributed by atoms with Gasteiger partial charge in [0.1, 0.15) is 5.60 Å². The summed E-state index contributed by atoms with van der Waals surface area (Å²) in [4.78, 5) is 33.8. The molecule has 2 aliphatic heterocycles. The molecule has 0 saturated carbocycles. The average molecular weight is 470 g/mol. The number of rotatable bonds is 3. The molecule has 1 atom stereocenters. The Morgan fingerprint density at radius 1 is 1.21 bits per heavy atom. The van der Waals surface area contributed by atoms with E-state index >= 15 is 0 Å². The van der Waals surface area contributed by atoms with E-state index in [1.54, 1.807) is 6.20 Å². The number of likely N-dealkylation sites (tertiary alicyclic amines) is 1. The Morgan fingerprint density at radius 2 is 2.00 bits per heavy atom. The zero-order valence-electron chi connectivity index (χ0n) is 19.9. The number of carbonyl (C=O) groups is 2. The molecule has 2 amide bonds. The third kappa shape index (κ3) is 5.49. The van der Waals surface area contributed by atoms with Crippen LogP contribution in [0.1, 0.15) is 67.6 Å². The van der Waals surface area contributed by atoms with E-state index in [2.05, 4.69) is 4.98 Å². The number of hydrogen-bond acceptors (Lipinski definition) is 4. The Kier molecular flexibility index (Phi) is 6.66. The highest BCUT2D eigenvalue weighted by Gasteiger charge is 2.36. The van der Waals surface area contributed by atoms with Crippen molar-refractivity contribution in [1.82, 2.24) is 14.8 Å². The molecule has 176 valence electrons. The lowest BCUT2D eigenvalue weighted by molar-refractivity contribution is -0.131. The zero-order chi connectivity index (χ0) is 23.8. The second kappa shape index (κ2) is 9.34. The number of ether oxygens (including phenoxy) is 1. The fourth-order valence-electron chi connectivity index (χ4n) is 4.83. The lowest BCUT2D eigenvalue weighted by Crippen LogP contribution is -2.39. The van der Waals surface area contributed by atoms with Crippen molar-refractivity contribution >= 4 is 23.6 Å². The summed E-state index contributed by atoms with van der Waals surface area (Å²) in [7, 11) is 0. The van der Waals surface area contributed by atoms with E-state index in [9.17, 15) is 9.59 Å². The van der Waals surface area contributed by atoms with Crippen LogP contribution >= 0.6 is 11.6 Å². The lowest BCUT2D eigenvalue weighted by Gasteiger charge is -2.34. The van der Waals surface area contributed by atoms with Gasteiger partial charge in [-0.1, -0.05) is 11.6 Å². The van der Waals surface area contributed by atoms with Gasteiger partial charge >= 0.3 is 6.09 Å². The molecule has 0 spiro atoms. The highest BCUT2D eigenvalue weighted by atomic mass is 35.5. The number of aromatic nitrogens is 1. The van der Waals surface area contributed by atoms with Gasteiger partial charge < -0.3 is 14.5 Å². The molecule has 0 unspecified atom stereocenters. The standard InChI is InChI=1S/C26H32ClN3O3/c1-17-12-18(7-9-28-17)13-24(31)29-11-8-21-19(16-29)14-20(27)15-22(21)23-6-5-10-30(23)25(32)33-26(2,3)4/h7,9,12,14-15,23H,5-6,8,10-11,13,16H2,1-4H3/t23-/m0/s1. The van der Waals surface area contributed by atoms with Gasteiger partial charge in [0.05, 0.1) is 12.5 Å². The molecule has 0 N–H and O–H groups in total. The first kappa shape index (κ1) is 23.6. The van der Waals surface area contributed by atoms with Gasteiger partial charge in [0.2, 0.25) is 5.91 Å². The Morgan fingerprint density at radius 3 is 2.73 bits per heavy atom. The Balaban J connectivity index is 1.54. The minimum Gasteiger partial charge on any atom is -0.444 e. The number of nitrogens with zero attached hydrogens (tertiary/aromatic N) is 3. The van der Waals surface area contributed by atoms with E-state index < -0.39 is 5.60 Å². The molecule has 0 radical (unpaired) electrons. The minimum absolute atomic E-state index is 0.0469. The molecule has 6 nitrogen and oxygen atoms in total. The van der Waals surface area contributed by atoms with Gasteiger partial charge in [0.25, 0.3) is 0 Å². The van der Waals surface area contributed by atoms with Crippen LogP contribution in [0.2, 0.25) is 5.02 Å². The second-order valence-electron chi connectivity index (χ2n) is 10.0. The summed E-state index contributed by atoms with van der Waals surface area (Å²) < 4.78 is 5.66. The zero-order valence-corrected chi connectivity index (χ0v) is 20.6. The van der Waals surface area contributed by atoms with Crippen LogP contribution < -0.4 is 0 Å². The number of carbonyl (C=O) groups excluding carboxylic acids is 2. The molecule has 1 aromatic carbocycles. The van der Waals surface area contributed by atoms with Crippen molar-refractivity contribution < 1.29 is 14.3 Å². The molecule has 33 heavy (non-hydrogen) atoms. The second-order valence-corrected chi connectivity index (χ2v) is 10.4. The molecule has 1 saturated heterocycles. The Labute approximate surface area is 200 Å². The van der Waals surface area contributed by atoms with Crippen LogP contribution in [0, 0.1) is 6.92 Å². The van der Waals surface area contributed by atoms with Crippen LogP contribution in [0.5, 0.6) is 0 Å². The summed E-state index contributed by atoms with van der Waals surface area (Å²) >= 11 is 6.52. The van der Waals surface area contributed by atoms with Gasteiger partial charge in [-0.15, -0.1) is 0 Å². The minimum atomic E-state index is -0.536. The molecule has 2 aromatic rings. The first-order valence-corrected chi connectivity index (χ1v) is 12.0. The molecular weight excluding hydrogens is 438 g/mol. The predicted molar refractivity (Wildman–Crippen MR) is 128 cm³/mol. The molecule has 4 rings (SSSR count). The summed E-state index contributed by atoms with van der Waals surface area (Å²) in [6.45, 7) is 9.45. The molecule has 7 heteroatoms. The fraction of sp³-hybridized carbons (Fsp3) is 0.500. The molecule has 1 fully saturated rings. The number of hydrogen-bond donors (Lipinski definition) is 0. The number of benzene rings is 1. The maximum absolute atomic E-state index is 13.0. The first-order chi connectivity index (χ1) is 15.6. The van der Waals surface area contributed by atoms with E-state index in [-0.39, 0.29) is 18.0 Å². The van der Waals surface area contributed by atoms with Crippen molar-refractivity contribution in [1.29, 1.82) is 0 Å². The van der Waals surface area contributed by atoms with Crippen LogP contribution in [0.15, 0.2) is 30.5 Å². The third-order valence-corrected chi connectivity index (χ3v) is 6.46. The predicted octanol–water partition coefficient (Wildman–Crippen LogP) is 5.24. The van der Waals surface area contributed by atoms with Crippen LogP contribution in [-0.4, -0.2) is 45.5 Å². The summed E-state index contributed by atoms with van der Waals surface area (Å²) in [5.74, 6) is 0.101. The van der Waals surface area contributed by atoms with Gasteiger partial charge in [-0.3, -0.25) is 9.78 Å². The maximum Gasteiger partial charge on any atom is 0.410 e. The summed E-state index contributed by atoms with van der Waals surface area (Å²) in [6, 6.07) is 7.75. The van der Waals surface area contributed by atoms with Gasteiger partial charge in [-0.25, -0.2) is 4.79 Å². The van der Waals surface area contributed by atoms with Crippen LogP contribution in [-0.2, 0) is 28.9 Å². The van der Waals surface area contributed by atoms with Gasteiger partial charge in [0, 0.05) is 36.5 Å². The number of halogens is 1. The van der Waals surface area contributed by atoms with E-state index in [1.807, 2.05) is 61.8 Å². The molecule has 0 aliphatic carbocycles. The lowest BCUT2D eigenvalue weighted by atomic mass is 9.89. The van der Waals surface area contributed by atoms with Crippen LogP contribution in [0.3, 0.4) is 0 Å². The largest absolute Gasteiger partial charge is 0.444 e. The van der Waals surface area contributed by atoms with E-state index in [0.29, 0.717) is 31.1 Å². The smallest absolute Gasteiger partial charge is 0.410 e. The maximum atomic E-state index is 13.0. The van der Waals surface area contributed by atoms with Crippen molar-refractivity contribution in [2.45, 2.75) is 71.6 Å². The third-order valence-electron chi connectivity index (χ3n) is 6.24. The topological polar surface area (TPSA) is 62.7 Å². The highest BCUT2D eigenvalue weighted by Crippen LogP contribution is 2.39. The van der Waals surface area contributed by atoms with E-state index in [1.165, 1.54) is 5.56 Å². The average Bonchev–Trinajstić information content (AvgIpc) is 3.21. The van der Waals surface area contributed by atoms with Gasteiger partial charge in [-0.05, 0) is 93.5 Å². The number of fused-ring (bicyclic) bond motifs is 1. The number of pyridine rings is 1. The number of aryl methyl sites for hydroxylation is 1. The van der Waals surface area contributed by atoms with Crippen molar-refractivity contribution in [3.05, 3.63) is 63.4 Å². The Bertz CT molecular complexity index is 1060. The number of amides is 2. The summed E-state index contributed by atoms with van der Waals surface area (Å²) in [5, 5.41) is 0.638. The monoisotopic (exact) mass is 469 g/mol. The van der Waals surface area contributed by atoms with Crippen molar-refractivity contribution in [3.63, 3.8) is 0 Å². The summed E-state index contributed by atoms with van der Waals surface area (Å²) in [6.07, 6.45) is 4.40. The van der Waals surface area contributed by atoms with Crippen LogP contribution in [0.4, 0.5) is 4.79 Å². The van der Waals surface area contributed by atoms with E-state index in [0.717, 1.165) is 41.6 Å². The van der Waals surface area contributed by atoms with Gasteiger partial charge in [-0.2, -0.15) is 0 Å². The highest BCUT2D eigenvalue weighted by molar-refractivity contribution is 6.30. The SMILES string of the molecule is Cc1cc(CC(=O)N2CCc3c(cc(Cl)cc3[C@@H]3CCCN3C(=O)OC(C)(C)C)C2)ccn1. The molecule has 3 heterocycles. The Hall–Kier alpha value is -2.60. The summed E-state index contributed by atoms with van der Waals surface area (Å²) in [5.41, 5.74) is 4.72. The fourth-order valence-corrected chi connectivity index (χ4v) is 5.08. The molecule has 2 aliphatic rings. The first-order valence-electron chi connectivity index (χ1n) is 11.6.